The Bertz CT molecular complexity index is 254. The minimum Gasteiger partial charge on any atom is -0.399 e. The molecular formula is C9H12N2O. The lowest BCUT2D eigenvalue weighted by atomic mass is 10.2. The summed E-state index contributed by atoms with van der Waals surface area (Å²) in [6.45, 7) is 2.48. The highest BCUT2D eigenvalue weighted by atomic mass is 16.6. The Morgan fingerprint density at radius 2 is 2.08 bits per heavy atom. The van der Waals surface area contributed by atoms with Gasteiger partial charge in [-0.3, -0.25) is 0 Å². The van der Waals surface area contributed by atoms with Crippen LogP contribution in [0.1, 0.15) is 12.5 Å². The molecule has 2 N–H and O–H groups in total. The van der Waals surface area contributed by atoms with Gasteiger partial charge in [0.1, 0.15) is 6.61 Å². The SMILES string of the molecule is CCO/N=C\c1ccc(N)cc1. The van der Waals surface area contributed by atoms with Crippen LogP contribution in [0.5, 0.6) is 0 Å². The summed E-state index contributed by atoms with van der Waals surface area (Å²) in [5.74, 6) is 0. The van der Waals surface area contributed by atoms with E-state index in [-0.39, 0.29) is 0 Å². The molecule has 0 aromatic heterocycles. The van der Waals surface area contributed by atoms with E-state index < -0.39 is 0 Å². The third kappa shape index (κ3) is 2.62. The number of hydrogen-bond donors (Lipinski definition) is 1. The Kier molecular flexibility index (Phi) is 3.14. The van der Waals surface area contributed by atoms with Gasteiger partial charge in [0.15, 0.2) is 0 Å². The van der Waals surface area contributed by atoms with Crippen LogP contribution in [-0.2, 0) is 4.84 Å². The van der Waals surface area contributed by atoms with Gasteiger partial charge in [-0.05, 0) is 24.6 Å². The molecule has 0 aliphatic heterocycles. The number of anilines is 1. The van der Waals surface area contributed by atoms with Gasteiger partial charge in [-0.25, -0.2) is 0 Å². The molecule has 0 unspecified atom stereocenters. The molecule has 0 bridgehead atoms. The number of rotatable bonds is 3. The van der Waals surface area contributed by atoms with Crippen LogP contribution < -0.4 is 5.73 Å². The zero-order valence-corrected chi connectivity index (χ0v) is 7.03. The smallest absolute Gasteiger partial charge is 0.114 e. The molecule has 0 spiro atoms. The van der Waals surface area contributed by atoms with Crippen molar-refractivity contribution in [3.8, 4) is 0 Å². The predicted molar refractivity (Wildman–Crippen MR) is 50.1 cm³/mol. The first-order chi connectivity index (χ1) is 5.83. The molecule has 3 nitrogen and oxygen atoms in total. The molecule has 3 heteroatoms. The molecule has 0 radical (unpaired) electrons. The van der Waals surface area contributed by atoms with Crippen LogP contribution in [0.3, 0.4) is 0 Å². The minimum absolute atomic E-state index is 0.589. The van der Waals surface area contributed by atoms with Crippen LogP contribution in [0.4, 0.5) is 5.69 Å². The summed E-state index contributed by atoms with van der Waals surface area (Å²) in [5, 5.41) is 3.72. The van der Waals surface area contributed by atoms with E-state index in [4.69, 9.17) is 10.6 Å². The van der Waals surface area contributed by atoms with E-state index in [1.54, 1.807) is 6.21 Å². The number of benzene rings is 1. The summed E-state index contributed by atoms with van der Waals surface area (Å²) in [6, 6.07) is 7.43. The highest BCUT2D eigenvalue weighted by Crippen LogP contribution is 2.02. The van der Waals surface area contributed by atoms with Gasteiger partial charge in [0.05, 0.1) is 6.21 Å². The lowest BCUT2D eigenvalue weighted by Crippen LogP contribution is -1.86. The maximum absolute atomic E-state index is 5.51. The van der Waals surface area contributed by atoms with E-state index in [0.717, 1.165) is 11.3 Å². The van der Waals surface area contributed by atoms with E-state index in [9.17, 15) is 0 Å². The van der Waals surface area contributed by atoms with Crippen molar-refractivity contribution in [1.29, 1.82) is 0 Å². The zero-order chi connectivity index (χ0) is 8.81. The van der Waals surface area contributed by atoms with Crippen LogP contribution in [0.2, 0.25) is 0 Å². The number of nitrogens with two attached hydrogens (primary N) is 1. The van der Waals surface area contributed by atoms with E-state index in [1.807, 2.05) is 31.2 Å². The second kappa shape index (κ2) is 4.38. The number of nitrogen functional groups attached to an aromatic ring is 1. The lowest BCUT2D eigenvalue weighted by Gasteiger charge is -1.94. The van der Waals surface area contributed by atoms with Gasteiger partial charge < -0.3 is 10.6 Å². The van der Waals surface area contributed by atoms with Gasteiger partial charge in [-0.15, -0.1) is 0 Å². The summed E-state index contributed by atoms with van der Waals surface area (Å²) in [5.41, 5.74) is 7.24. The molecule has 0 aliphatic rings. The molecule has 0 fully saturated rings. The highest BCUT2D eigenvalue weighted by Gasteiger charge is 1.86. The molecular weight excluding hydrogens is 152 g/mol. The minimum atomic E-state index is 0.589. The van der Waals surface area contributed by atoms with Crippen molar-refractivity contribution >= 4 is 11.9 Å². The van der Waals surface area contributed by atoms with Crippen molar-refractivity contribution in [2.45, 2.75) is 6.92 Å². The van der Waals surface area contributed by atoms with Crippen molar-refractivity contribution in [3.63, 3.8) is 0 Å². The Balaban J connectivity index is 2.58. The molecule has 0 saturated carbocycles. The molecule has 0 heterocycles. The fourth-order valence-corrected chi connectivity index (χ4v) is 0.755. The predicted octanol–water partition coefficient (Wildman–Crippen LogP) is 1.64. The van der Waals surface area contributed by atoms with E-state index >= 15 is 0 Å². The van der Waals surface area contributed by atoms with Gasteiger partial charge >= 0.3 is 0 Å². The largest absolute Gasteiger partial charge is 0.399 e. The second-order valence-electron chi connectivity index (χ2n) is 2.32. The fraction of sp³-hybridized carbons (Fsp3) is 0.222. The van der Waals surface area contributed by atoms with Crippen LogP contribution in [0.15, 0.2) is 29.4 Å². The Hall–Kier alpha value is -1.51. The Morgan fingerprint density at radius 1 is 1.42 bits per heavy atom. The van der Waals surface area contributed by atoms with Gasteiger partial charge in [-0.1, -0.05) is 17.3 Å². The third-order valence-corrected chi connectivity index (χ3v) is 1.34. The second-order valence-corrected chi connectivity index (χ2v) is 2.32. The summed E-state index contributed by atoms with van der Waals surface area (Å²) in [6.07, 6.45) is 1.66. The number of nitrogens with zero attached hydrogens (tertiary/aromatic N) is 1. The van der Waals surface area contributed by atoms with E-state index in [1.165, 1.54) is 0 Å². The summed E-state index contributed by atoms with van der Waals surface area (Å²) in [4.78, 5) is 4.81. The van der Waals surface area contributed by atoms with Crippen molar-refractivity contribution in [2.24, 2.45) is 5.16 Å². The Labute approximate surface area is 71.8 Å². The quantitative estimate of drug-likeness (QED) is 0.419. The molecule has 0 aliphatic carbocycles. The molecule has 1 rings (SSSR count). The first-order valence-corrected chi connectivity index (χ1v) is 3.84. The molecule has 1 aromatic rings. The van der Waals surface area contributed by atoms with Crippen LogP contribution >= 0.6 is 0 Å². The third-order valence-electron chi connectivity index (χ3n) is 1.34. The number of oxime groups is 1. The van der Waals surface area contributed by atoms with Crippen molar-refractivity contribution in [1.82, 2.24) is 0 Å². The molecule has 0 amide bonds. The van der Waals surface area contributed by atoms with Crippen molar-refractivity contribution in [3.05, 3.63) is 29.8 Å². The van der Waals surface area contributed by atoms with Gasteiger partial charge in [0, 0.05) is 5.69 Å². The van der Waals surface area contributed by atoms with Crippen molar-refractivity contribution < 1.29 is 4.84 Å². The topological polar surface area (TPSA) is 47.6 Å². The van der Waals surface area contributed by atoms with E-state index in [2.05, 4.69) is 5.16 Å². The summed E-state index contributed by atoms with van der Waals surface area (Å²) < 4.78 is 0. The lowest BCUT2D eigenvalue weighted by molar-refractivity contribution is 0.160. The summed E-state index contributed by atoms with van der Waals surface area (Å²) in [7, 11) is 0. The van der Waals surface area contributed by atoms with Gasteiger partial charge in [-0.2, -0.15) is 0 Å². The molecule has 1 aromatic carbocycles. The average molecular weight is 164 g/mol. The van der Waals surface area contributed by atoms with Gasteiger partial charge in [0.2, 0.25) is 0 Å². The average Bonchev–Trinajstić information content (AvgIpc) is 2.09. The molecule has 0 saturated heterocycles. The molecule has 12 heavy (non-hydrogen) atoms. The van der Waals surface area contributed by atoms with Crippen molar-refractivity contribution in [2.75, 3.05) is 12.3 Å². The Morgan fingerprint density at radius 3 is 2.67 bits per heavy atom. The normalized spacial score (nSPS) is 10.4. The first kappa shape index (κ1) is 8.59. The molecule has 0 atom stereocenters. The van der Waals surface area contributed by atoms with E-state index in [0.29, 0.717) is 6.61 Å². The standard InChI is InChI=1S/C9H12N2O/c1-2-12-11-7-8-3-5-9(10)6-4-8/h3-7H,2,10H2,1H3/b11-7-. The maximum atomic E-state index is 5.51. The number of hydrogen-bond acceptors (Lipinski definition) is 3. The first-order valence-electron chi connectivity index (χ1n) is 3.84. The summed E-state index contributed by atoms with van der Waals surface area (Å²) >= 11 is 0. The van der Waals surface area contributed by atoms with Crippen LogP contribution in [-0.4, -0.2) is 12.8 Å². The zero-order valence-electron chi connectivity index (χ0n) is 7.03. The van der Waals surface area contributed by atoms with Crippen LogP contribution in [0.25, 0.3) is 0 Å². The van der Waals surface area contributed by atoms with Crippen LogP contribution in [0, 0.1) is 0 Å². The maximum Gasteiger partial charge on any atom is 0.114 e. The highest BCUT2D eigenvalue weighted by molar-refractivity contribution is 5.79. The molecule has 64 valence electrons. The van der Waals surface area contributed by atoms with Gasteiger partial charge in [0.25, 0.3) is 0 Å². The monoisotopic (exact) mass is 164 g/mol. The fourth-order valence-electron chi connectivity index (χ4n) is 0.755.